The third kappa shape index (κ3) is 4.05. The average Bonchev–Trinajstić information content (AvgIpc) is 3.82. The van der Waals surface area contributed by atoms with Crippen molar-refractivity contribution >= 4 is 43.6 Å². The van der Waals surface area contributed by atoms with E-state index in [-0.39, 0.29) is 0 Å². The van der Waals surface area contributed by atoms with Crippen LogP contribution < -0.4 is 4.74 Å². The van der Waals surface area contributed by atoms with Gasteiger partial charge in [-0.1, -0.05) is 158 Å². The van der Waals surface area contributed by atoms with Gasteiger partial charge in [-0.25, -0.2) is 4.98 Å². The predicted molar refractivity (Wildman–Crippen MR) is 236 cm³/mol. The minimum atomic E-state index is -0.659. The monoisotopic (exact) mass is 739 g/mol. The predicted octanol–water partition coefficient (Wildman–Crippen LogP) is 13.4. The lowest BCUT2D eigenvalue weighted by Gasteiger charge is -2.45. The molecule has 3 aromatic heterocycles. The van der Waals surface area contributed by atoms with Crippen molar-refractivity contribution in [3.63, 3.8) is 0 Å². The van der Waals surface area contributed by atoms with Crippen molar-refractivity contribution in [1.82, 2.24) is 14.1 Å². The molecule has 58 heavy (non-hydrogen) atoms. The average molecular weight is 740 g/mol. The van der Waals surface area contributed by atoms with E-state index >= 15 is 0 Å². The standard InChI is InChI=1S/C54H33N3O/c1-3-16-34(17-4-1)36-32-44(35-18-5-2-6-19-35)55-50(33-36)56-46-27-12-8-21-39(46)51-48(56)31-30-43-53(51)58-49-29-14-10-24-41(49)54(43)40-23-9-13-28-47(40)57-45-26-11-7-20-37(45)38-22-15-25-42(54)52(38)57/h1-33H. The van der Waals surface area contributed by atoms with Crippen molar-refractivity contribution in [2.45, 2.75) is 5.41 Å². The van der Waals surface area contributed by atoms with Crippen LogP contribution in [-0.2, 0) is 5.41 Å². The molecule has 13 rings (SSSR count). The van der Waals surface area contributed by atoms with Crippen molar-refractivity contribution < 1.29 is 4.74 Å². The minimum Gasteiger partial charge on any atom is -0.456 e. The van der Waals surface area contributed by atoms with Crippen molar-refractivity contribution in [2.24, 2.45) is 0 Å². The van der Waals surface area contributed by atoms with Gasteiger partial charge in [-0.05, 0) is 64.7 Å². The zero-order valence-corrected chi connectivity index (χ0v) is 31.3. The molecule has 11 aromatic rings. The lowest BCUT2D eigenvalue weighted by atomic mass is 9.61. The molecule has 0 aliphatic carbocycles. The Bertz CT molecular complexity index is 3430. The maximum Gasteiger partial charge on any atom is 0.142 e. The van der Waals surface area contributed by atoms with E-state index in [4.69, 9.17) is 9.72 Å². The second kappa shape index (κ2) is 11.7. The van der Waals surface area contributed by atoms with Gasteiger partial charge in [0, 0.05) is 32.8 Å². The number of pyridine rings is 1. The number of fused-ring (bicyclic) bond motifs is 15. The van der Waals surface area contributed by atoms with E-state index in [0.29, 0.717) is 0 Å². The molecule has 8 aromatic carbocycles. The van der Waals surface area contributed by atoms with E-state index in [2.05, 4.69) is 209 Å². The second-order valence-electron chi connectivity index (χ2n) is 15.4. The van der Waals surface area contributed by atoms with Gasteiger partial charge < -0.3 is 9.30 Å². The Kier molecular flexibility index (Phi) is 6.34. The molecule has 0 N–H and O–H groups in total. The third-order valence-electron chi connectivity index (χ3n) is 12.6. The van der Waals surface area contributed by atoms with Gasteiger partial charge in [0.05, 0.1) is 44.2 Å². The molecule has 1 atom stereocenters. The largest absolute Gasteiger partial charge is 0.456 e. The number of aromatic nitrogens is 3. The molecule has 0 amide bonds. The van der Waals surface area contributed by atoms with Crippen LogP contribution in [-0.4, -0.2) is 14.1 Å². The molecular formula is C54H33N3O. The first kappa shape index (κ1) is 31.5. The van der Waals surface area contributed by atoms with Crippen LogP contribution >= 0.6 is 0 Å². The molecule has 0 saturated carbocycles. The molecule has 2 aliphatic heterocycles. The van der Waals surface area contributed by atoms with Gasteiger partial charge in [-0.2, -0.15) is 0 Å². The molecule has 0 radical (unpaired) electrons. The summed E-state index contributed by atoms with van der Waals surface area (Å²) in [6.07, 6.45) is 0. The summed E-state index contributed by atoms with van der Waals surface area (Å²) >= 11 is 0. The number of benzene rings is 8. The van der Waals surface area contributed by atoms with Crippen LogP contribution in [0.15, 0.2) is 200 Å². The molecule has 0 fully saturated rings. The van der Waals surface area contributed by atoms with Crippen molar-refractivity contribution in [3.8, 4) is 45.4 Å². The van der Waals surface area contributed by atoms with Gasteiger partial charge in [0.25, 0.3) is 0 Å². The summed E-state index contributed by atoms with van der Waals surface area (Å²) in [7, 11) is 0. The Morgan fingerprint density at radius 2 is 1.05 bits per heavy atom. The number of ether oxygens (including phenoxy) is 1. The van der Waals surface area contributed by atoms with Crippen LogP contribution in [0, 0.1) is 0 Å². The van der Waals surface area contributed by atoms with Crippen LogP contribution in [0.3, 0.4) is 0 Å². The maximum absolute atomic E-state index is 7.28. The second-order valence-corrected chi connectivity index (χ2v) is 15.4. The van der Waals surface area contributed by atoms with Crippen LogP contribution in [0.5, 0.6) is 11.5 Å². The Morgan fingerprint density at radius 1 is 0.414 bits per heavy atom. The van der Waals surface area contributed by atoms with Crippen LogP contribution in [0.2, 0.25) is 0 Å². The number of rotatable bonds is 3. The fourth-order valence-electron chi connectivity index (χ4n) is 10.3. The lowest BCUT2D eigenvalue weighted by molar-refractivity contribution is 0.439. The summed E-state index contributed by atoms with van der Waals surface area (Å²) in [5, 5.41) is 4.70. The Morgan fingerprint density at radius 3 is 1.88 bits per heavy atom. The summed E-state index contributed by atoms with van der Waals surface area (Å²) < 4.78 is 12.1. The van der Waals surface area contributed by atoms with Gasteiger partial charge in [-0.3, -0.25) is 4.57 Å². The first-order valence-corrected chi connectivity index (χ1v) is 19.9. The SMILES string of the molecule is c1ccc(-c2cc(-c3ccccc3)nc(-n3c4ccccc4c4c5c(ccc43)C3(c4ccccc4O5)c4ccccc4-n4c5ccccc5c5cccc3c54)c2)cc1. The Hall–Kier alpha value is -7.69. The Labute approximate surface area is 334 Å². The molecule has 1 unspecified atom stereocenters. The molecule has 4 nitrogen and oxygen atoms in total. The van der Waals surface area contributed by atoms with Gasteiger partial charge in [0.1, 0.15) is 17.3 Å². The molecule has 4 heteroatoms. The van der Waals surface area contributed by atoms with Gasteiger partial charge in [-0.15, -0.1) is 0 Å². The minimum absolute atomic E-state index is 0.659. The first-order valence-electron chi connectivity index (χ1n) is 19.9. The number of hydrogen-bond donors (Lipinski definition) is 0. The third-order valence-corrected chi connectivity index (χ3v) is 12.6. The van der Waals surface area contributed by atoms with Crippen molar-refractivity contribution in [1.29, 1.82) is 0 Å². The van der Waals surface area contributed by atoms with Crippen molar-refractivity contribution in [3.05, 3.63) is 222 Å². The van der Waals surface area contributed by atoms with E-state index in [0.717, 1.165) is 72.6 Å². The van der Waals surface area contributed by atoms with Crippen LogP contribution in [0.25, 0.3) is 77.5 Å². The zero-order valence-electron chi connectivity index (χ0n) is 31.3. The summed E-state index contributed by atoms with van der Waals surface area (Å²) in [6.45, 7) is 0. The highest BCUT2D eigenvalue weighted by molar-refractivity contribution is 6.15. The van der Waals surface area contributed by atoms with E-state index in [1.807, 2.05) is 0 Å². The maximum atomic E-state index is 7.28. The number of nitrogens with zero attached hydrogens (tertiary/aromatic N) is 3. The van der Waals surface area contributed by atoms with Gasteiger partial charge >= 0.3 is 0 Å². The molecular weight excluding hydrogens is 707 g/mol. The topological polar surface area (TPSA) is 32.0 Å². The van der Waals surface area contributed by atoms with E-state index in [9.17, 15) is 0 Å². The fraction of sp³-hybridized carbons (Fsp3) is 0.0185. The number of hydrogen-bond acceptors (Lipinski definition) is 2. The van der Waals surface area contributed by atoms with E-state index < -0.39 is 5.41 Å². The first-order chi connectivity index (χ1) is 28.8. The van der Waals surface area contributed by atoms with Crippen LogP contribution in [0.4, 0.5) is 0 Å². The quantitative estimate of drug-likeness (QED) is 0.181. The molecule has 1 spiro atoms. The zero-order chi connectivity index (χ0) is 38.0. The molecule has 0 saturated heterocycles. The summed E-state index contributed by atoms with van der Waals surface area (Å²) in [4.78, 5) is 5.42. The van der Waals surface area contributed by atoms with Gasteiger partial charge in [0.2, 0.25) is 0 Å². The molecule has 0 bridgehead atoms. The normalized spacial score (nSPS) is 15.1. The van der Waals surface area contributed by atoms with E-state index in [1.165, 1.54) is 38.6 Å². The van der Waals surface area contributed by atoms with Crippen LogP contribution in [0.1, 0.15) is 22.3 Å². The number of para-hydroxylation sites is 5. The van der Waals surface area contributed by atoms with Crippen molar-refractivity contribution in [2.75, 3.05) is 0 Å². The molecule has 2 aliphatic rings. The summed E-state index contributed by atoms with van der Waals surface area (Å²) in [5.41, 5.74) is 14.1. The molecule has 5 heterocycles. The van der Waals surface area contributed by atoms with E-state index in [1.54, 1.807) is 0 Å². The summed E-state index contributed by atoms with van der Waals surface area (Å²) in [5.74, 6) is 2.60. The Balaban J connectivity index is 1.16. The highest BCUT2D eigenvalue weighted by Crippen LogP contribution is 2.62. The highest BCUT2D eigenvalue weighted by atomic mass is 16.5. The lowest BCUT2D eigenvalue weighted by Crippen LogP contribution is -2.37. The molecule has 270 valence electrons. The fourth-order valence-corrected chi connectivity index (χ4v) is 10.3. The van der Waals surface area contributed by atoms with Gasteiger partial charge in [0.15, 0.2) is 0 Å². The summed E-state index contributed by atoms with van der Waals surface area (Å²) in [6, 6.07) is 72.1. The smallest absolute Gasteiger partial charge is 0.142 e. The highest BCUT2D eigenvalue weighted by Gasteiger charge is 2.50.